The topological polar surface area (TPSA) is 57.5 Å². The minimum absolute atomic E-state index is 0.0841. The summed E-state index contributed by atoms with van der Waals surface area (Å²) >= 11 is 0. The van der Waals surface area contributed by atoms with Crippen molar-refractivity contribution >= 4 is 5.78 Å². The summed E-state index contributed by atoms with van der Waals surface area (Å²) in [6, 6.07) is 0. The molecule has 4 saturated carbocycles. The summed E-state index contributed by atoms with van der Waals surface area (Å²) in [5.41, 5.74) is -0.308. The third kappa shape index (κ3) is 3.28. The number of aliphatic hydroxyl groups is 2. The van der Waals surface area contributed by atoms with Gasteiger partial charge in [0, 0.05) is 5.92 Å². The van der Waals surface area contributed by atoms with Gasteiger partial charge in [-0.3, -0.25) is 4.79 Å². The molecular formula is C23H40O3. The van der Waals surface area contributed by atoms with Gasteiger partial charge in [0.1, 0.15) is 6.61 Å². The number of aliphatic hydroxyl groups excluding tert-OH is 1. The number of hydrogen-bond donors (Lipinski definition) is 2. The third-order valence-electron chi connectivity index (χ3n) is 8.78. The fraction of sp³-hybridized carbons (Fsp3) is 0.957. The van der Waals surface area contributed by atoms with Crippen molar-refractivity contribution in [1.82, 2.24) is 0 Å². The van der Waals surface area contributed by atoms with Crippen molar-refractivity contribution in [2.45, 2.75) is 91.1 Å². The van der Waals surface area contributed by atoms with Gasteiger partial charge in [-0.1, -0.05) is 20.8 Å². The van der Waals surface area contributed by atoms with Gasteiger partial charge in [0.05, 0.1) is 5.60 Å². The van der Waals surface area contributed by atoms with E-state index in [-0.39, 0.29) is 23.7 Å². The van der Waals surface area contributed by atoms with E-state index in [0.29, 0.717) is 5.92 Å². The molecule has 0 aromatic carbocycles. The summed E-state index contributed by atoms with van der Waals surface area (Å²) in [4.78, 5) is 12.3. The number of fused-ring (bicyclic) bond motifs is 5. The summed E-state index contributed by atoms with van der Waals surface area (Å²) in [6.45, 7) is 8.09. The molecule has 0 spiro atoms. The number of rotatable bonds is 2. The van der Waals surface area contributed by atoms with E-state index in [0.717, 1.165) is 49.4 Å². The molecule has 8 atom stereocenters. The maximum atomic E-state index is 12.3. The number of Topliss-reactive ketones (excluding diaryl/α,β-unsaturated/α-hetero) is 1. The number of hydrogen-bond acceptors (Lipinski definition) is 3. The lowest BCUT2D eigenvalue weighted by Gasteiger charge is -2.56. The maximum absolute atomic E-state index is 12.3. The van der Waals surface area contributed by atoms with Gasteiger partial charge in [0.25, 0.3) is 0 Å². The van der Waals surface area contributed by atoms with Crippen molar-refractivity contribution in [3.8, 4) is 0 Å². The van der Waals surface area contributed by atoms with E-state index in [1.807, 2.05) is 20.8 Å². The second-order valence-corrected chi connectivity index (χ2v) is 9.97. The van der Waals surface area contributed by atoms with Crippen molar-refractivity contribution in [1.29, 1.82) is 0 Å². The number of carbonyl (C=O) groups excluding carboxylic acids is 1. The fourth-order valence-corrected chi connectivity index (χ4v) is 7.72. The maximum Gasteiger partial charge on any atom is 0.161 e. The van der Waals surface area contributed by atoms with Crippen LogP contribution in [-0.4, -0.2) is 28.2 Å². The molecule has 150 valence electrons. The first-order valence-corrected chi connectivity index (χ1v) is 11.2. The van der Waals surface area contributed by atoms with Gasteiger partial charge in [-0.2, -0.15) is 0 Å². The van der Waals surface area contributed by atoms with Gasteiger partial charge < -0.3 is 10.2 Å². The van der Waals surface area contributed by atoms with E-state index in [2.05, 4.69) is 6.92 Å². The van der Waals surface area contributed by atoms with Gasteiger partial charge in [-0.15, -0.1) is 0 Å². The van der Waals surface area contributed by atoms with Crippen LogP contribution in [0.1, 0.15) is 85.5 Å². The lowest BCUT2D eigenvalue weighted by atomic mass is 9.49. The molecule has 4 fully saturated rings. The summed E-state index contributed by atoms with van der Waals surface area (Å²) in [5.74, 6) is 3.99. The van der Waals surface area contributed by atoms with Gasteiger partial charge in [0.15, 0.2) is 5.78 Å². The molecule has 26 heavy (non-hydrogen) atoms. The van der Waals surface area contributed by atoms with Gasteiger partial charge in [-0.05, 0) is 99.7 Å². The van der Waals surface area contributed by atoms with Crippen molar-refractivity contribution in [2.24, 2.45) is 40.9 Å². The molecule has 0 aliphatic heterocycles. The van der Waals surface area contributed by atoms with Crippen LogP contribution in [0.25, 0.3) is 0 Å². The summed E-state index contributed by atoms with van der Waals surface area (Å²) in [7, 11) is 0. The molecule has 0 heterocycles. The average molecular weight is 365 g/mol. The monoisotopic (exact) mass is 364 g/mol. The van der Waals surface area contributed by atoms with E-state index in [4.69, 9.17) is 0 Å². The first-order valence-electron chi connectivity index (χ1n) is 11.2. The van der Waals surface area contributed by atoms with Crippen molar-refractivity contribution in [2.75, 3.05) is 6.61 Å². The highest BCUT2D eigenvalue weighted by Crippen LogP contribution is 2.64. The van der Waals surface area contributed by atoms with E-state index in [9.17, 15) is 15.0 Å². The zero-order chi connectivity index (χ0) is 19.1. The van der Waals surface area contributed by atoms with E-state index < -0.39 is 5.60 Å². The minimum atomic E-state index is -0.441. The molecule has 7 unspecified atom stereocenters. The van der Waals surface area contributed by atoms with Crippen molar-refractivity contribution in [3.05, 3.63) is 0 Å². The molecule has 0 saturated heterocycles. The zero-order valence-corrected chi connectivity index (χ0v) is 17.3. The Bertz CT molecular complexity index is 514. The molecule has 2 N–H and O–H groups in total. The summed E-state index contributed by atoms with van der Waals surface area (Å²) in [6.07, 6.45) is 10.3. The quantitative estimate of drug-likeness (QED) is 0.753. The first kappa shape index (κ1) is 20.3. The third-order valence-corrected chi connectivity index (χ3v) is 8.78. The Morgan fingerprint density at radius 2 is 1.62 bits per heavy atom. The second-order valence-electron chi connectivity index (χ2n) is 9.97. The molecule has 0 aromatic heterocycles. The molecule has 4 rings (SSSR count). The predicted octanol–water partition coefficient (Wildman–Crippen LogP) is 4.59. The van der Waals surface area contributed by atoms with Gasteiger partial charge in [-0.25, -0.2) is 0 Å². The van der Waals surface area contributed by atoms with Crippen LogP contribution >= 0.6 is 0 Å². The minimum Gasteiger partial charge on any atom is -0.390 e. The molecular weight excluding hydrogens is 324 g/mol. The van der Waals surface area contributed by atoms with E-state index in [1.54, 1.807) is 0 Å². The Hall–Kier alpha value is -0.410. The second kappa shape index (κ2) is 7.54. The molecule has 3 nitrogen and oxygen atoms in total. The molecule has 0 radical (unpaired) electrons. The Morgan fingerprint density at radius 1 is 0.923 bits per heavy atom. The highest BCUT2D eigenvalue weighted by molar-refractivity contribution is 5.83. The summed E-state index contributed by atoms with van der Waals surface area (Å²) in [5, 5.41) is 19.8. The highest BCUT2D eigenvalue weighted by Gasteiger charge is 2.58. The molecule has 0 aromatic rings. The molecule has 0 amide bonds. The van der Waals surface area contributed by atoms with Crippen LogP contribution in [0, 0.1) is 40.9 Å². The van der Waals surface area contributed by atoms with E-state index in [1.165, 1.54) is 32.1 Å². The van der Waals surface area contributed by atoms with Crippen LogP contribution in [-0.2, 0) is 4.79 Å². The van der Waals surface area contributed by atoms with Crippen LogP contribution in [0.3, 0.4) is 0 Å². The lowest BCUT2D eigenvalue weighted by molar-refractivity contribution is -0.134. The Morgan fingerprint density at radius 3 is 2.31 bits per heavy atom. The van der Waals surface area contributed by atoms with Crippen LogP contribution in [0.4, 0.5) is 0 Å². The largest absolute Gasteiger partial charge is 0.390 e. The Balaban J connectivity index is 0.000000948. The number of ketones is 1. The Labute approximate surface area is 160 Å². The zero-order valence-electron chi connectivity index (χ0n) is 17.3. The number of carbonyl (C=O) groups is 1. The Kier molecular flexibility index (Phi) is 5.90. The predicted molar refractivity (Wildman–Crippen MR) is 105 cm³/mol. The van der Waals surface area contributed by atoms with Crippen molar-refractivity contribution < 1.29 is 15.0 Å². The van der Waals surface area contributed by atoms with Crippen LogP contribution < -0.4 is 0 Å². The van der Waals surface area contributed by atoms with E-state index >= 15 is 0 Å². The normalized spacial score (nSPS) is 49.9. The first-order chi connectivity index (χ1) is 12.4. The van der Waals surface area contributed by atoms with Gasteiger partial charge >= 0.3 is 0 Å². The summed E-state index contributed by atoms with van der Waals surface area (Å²) < 4.78 is 0. The molecule has 4 aliphatic rings. The lowest BCUT2D eigenvalue weighted by Crippen LogP contribution is -2.51. The van der Waals surface area contributed by atoms with Crippen LogP contribution in [0.2, 0.25) is 0 Å². The van der Waals surface area contributed by atoms with Crippen LogP contribution in [0.5, 0.6) is 0 Å². The van der Waals surface area contributed by atoms with Gasteiger partial charge in [0.2, 0.25) is 0 Å². The standard InChI is InChI=1S/C21H34O3.C2H6/c1-20(24)9-7-14-13(11-20)3-4-16-15(14)8-10-21(2)17(16)5-6-18(21)19(23)12-22;1-2/h13-18,22,24H,3-12H2,1-2H3;1-2H3/t13?,14?,15?,16?,17?,18?,20-,21?;/m0./s1. The van der Waals surface area contributed by atoms with Crippen LogP contribution in [0.15, 0.2) is 0 Å². The highest BCUT2D eigenvalue weighted by atomic mass is 16.3. The molecule has 4 aliphatic carbocycles. The van der Waals surface area contributed by atoms with Crippen molar-refractivity contribution in [3.63, 3.8) is 0 Å². The molecule has 0 bridgehead atoms. The fourth-order valence-electron chi connectivity index (χ4n) is 7.72. The SMILES string of the molecule is CC.CC12CCC3C4CC[C@](C)(O)CC4CCC3C1CCC2C(=O)CO. The smallest absolute Gasteiger partial charge is 0.161 e. The molecule has 3 heteroatoms. The average Bonchev–Trinajstić information content (AvgIpc) is 2.98.